The molecular weight excluding hydrogens is 608 g/mol. The third-order valence-corrected chi connectivity index (χ3v) is 10.4. The molecule has 0 bridgehead atoms. The molecule has 0 radical (unpaired) electrons. The van der Waals surface area contributed by atoms with Crippen LogP contribution in [0.25, 0.3) is 22.4 Å². The first-order valence-corrected chi connectivity index (χ1v) is 18.0. The van der Waals surface area contributed by atoms with E-state index in [1.165, 1.54) is 16.7 Å². The second-order valence-electron chi connectivity index (χ2n) is 14.1. The van der Waals surface area contributed by atoms with Crippen molar-refractivity contribution in [3.8, 4) is 28.3 Å². The molecule has 2 aromatic carbocycles. The Hall–Kier alpha value is -4.36. The summed E-state index contributed by atoms with van der Waals surface area (Å²) in [4.78, 5) is 23.5. The fourth-order valence-electron chi connectivity index (χ4n) is 7.70. The number of pyridine rings is 1. The number of aromatic nitrogens is 1. The van der Waals surface area contributed by atoms with Gasteiger partial charge < -0.3 is 25.0 Å². The van der Waals surface area contributed by atoms with Gasteiger partial charge in [0.2, 0.25) is 5.88 Å². The van der Waals surface area contributed by atoms with Gasteiger partial charge in [-0.05, 0) is 116 Å². The molecule has 6 rings (SSSR count). The number of carbonyl (C=O) groups excluding carboxylic acids is 1. The number of ether oxygens (including phenoxy) is 1. The van der Waals surface area contributed by atoms with Crippen molar-refractivity contribution in [2.45, 2.75) is 98.0 Å². The van der Waals surface area contributed by atoms with Crippen molar-refractivity contribution in [3.05, 3.63) is 99.7 Å². The summed E-state index contributed by atoms with van der Waals surface area (Å²) in [6.07, 6.45) is 9.47. The highest BCUT2D eigenvalue weighted by Crippen LogP contribution is 2.44. The molecule has 3 aliphatic rings. The molecule has 3 atom stereocenters. The Labute approximate surface area is 292 Å². The van der Waals surface area contributed by atoms with Gasteiger partial charge in [-0.2, -0.15) is 0 Å². The summed E-state index contributed by atoms with van der Waals surface area (Å²) in [6.45, 7) is 13.2. The van der Waals surface area contributed by atoms with Crippen molar-refractivity contribution in [1.82, 2.24) is 14.8 Å². The van der Waals surface area contributed by atoms with E-state index in [0.29, 0.717) is 18.0 Å². The van der Waals surface area contributed by atoms with Gasteiger partial charge in [-0.15, -0.1) is 0 Å². The lowest BCUT2D eigenvalue weighted by Gasteiger charge is -2.39. The number of amides is 1. The number of β-amino-alcohol motifs (C(OH)–C–C–N with tert-alkyl or cyclic N) is 1. The van der Waals surface area contributed by atoms with E-state index in [2.05, 4.69) is 81.2 Å². The average Bonchev–Trinajstić information content (AvgIpc) is 3.86. The Balaban J connectivity index is 1.42. The minimum Gasteiger partial charge on any atom is -0.481 e. The predicted molar refractivity (Wildman–Crippen MR) is 199 cm³/mol. The first-order chi connectivity index (χ1) is 23.6. The first kappa shape index (κ1) is 34.5. The summed E-state index contributed by atoms with van der Waals surface area (Å²) < 4.78 is 5.81. The van der Waals surface area contributed by atoms with Gasteiger partial charge in [-0.25, -0.2) is 4.98 Å². The van der Waals surface area contributed by atoms with Crippen LogP contribution in [0.3, 0.4) is 0 Å². The highest BCUT2D eigenvalue weighted by atomic mass is 16.5. The van der Waals surface area contributed by atoms with E-state index in [1.807, 2.05) is 30.3 Å². The van der Waals surface area contributed by atoms with Crippen molar-refractivity contribution >= 4 is 11.6 Å². The van der Waals surface area contributed by atoms with Crippen LogP contribution in [0.2, 0.25) is 0 Å². The Morgan fingerprint density at radius 2 is 1.82 bits per heavy atom. The van der Waals surface area contributed by atoms with Crippen LogP contribution in [0.5, 0.6) is 5.88 Å². The molecular formula is C42H52N4O3. The summed E-state index contributed by atoms with van der Waals surface area (Å²) in [5, 5.41) is 13.7. The van der Waals surface area contributed by atoms with E-state index in [-0.39, 0.29) is 11.8 Å². The van der Waals surface area contributed by atoms with E-state index >= 15 is 0 Å². The lowest BCUT2D eigenvalue weighted by molar-refractivity contribution is -0.113. The number of aryl methyl sites for hydroxylation is 1. The number of fused-ring (bicyclic) bond motifs is 1. The minimum atomic E-state index is -0.548. The quantitative estimate of drug-likeness (QED) is 0.226. The highest BCUT2D eigenvalue weighted by molar-refractivity contribution is 6.08. The number of carbonyl (C=O) groups is 1. The highest BCUT2D eigenvalue weighted by Gasteiger charge is 2.34. The molecule has 49 heavy (non-hydrogen) atoms. The number of aliphatic hydroxyl groups is 1. The second-order valence-corrected chi connectivity index (χ2v) is 14.1. The third-order valence-electron chi connectivity index (χ3n) is 10.4. The minimum absolute atomic E-state index is 0.136. The zero-order valence-corrected chi connectivity index (χ0v) is 30.5. The lowest BCUT2D eigenvalue weighted by Crippen LogP contribution is -2.40. The number of aliphatic hydroxyl groups excluding tert-OH is 1. The van der Waals surface area contributed by atoms with Gasteiger partial charge in [-0.1, -0.05) is 58.0 Å². The molecule has 3 unspecified atom stereocenters. The summed E-state index contributed by atoms with van der Waals surface area (Å²) in [5.74, 6) is 2.25. The van der Waals surface area contributed by atoms with Crippen LogP contribution in [0.15, 0.2) is 77.4 Å². The molecule has 1 fully saturated rings. The lowest BCUT2D eigenvalue weighted by atomic mass is 9.85. The molecule has 7 heteroatoms. The van der Waals surface area contributed by atoms with Crippen molar-refractivity contribution in [1.29, 1.82) is 0 Å². The van der Waals surface area contributed by atoms with Crippen molar-refractivity contribution in [3.63, 3.8) is 0 Å². The number of allylic oxidation sites excluding steroid dienone is 2. The molecule has 2 heterocycles. The van der Waals surface area contributed by atoms with Crippen LogP contribution in [0.4, 0.5) is 5.69 Å². The van der Waals surface area contributed by atoms with Crippen molar-refractivity contribution in [2.24, 2.45) is 0 Å². The number of nitrogens with one attached hydrogen (secondary N) is 1. The topological polar surface area (TPSA) is 77.9 Å². The largest absolute Gasteiger partial charge is 0.481 e. The van der Waals surface area contributed by atoms with E-state index in [1.54, 1.807) is 14.0 Å². The average molecular weight is 661 g/mol. The summed E-state index contributed by atoms with van der Waals surface area (Å²) in [6, 6.07) is 15.0. The van der Waals surface area contributed by atoms with Gasteiger partial charge in [0.05, 0.1) is 30.2 Å². The Bertz CT molecular complexity index is 1850. The first-order valence-electron chi connectivity index (χ1n) is 18.0. The fourth-order valence-corrected chi connectivity index (χ4v) is 7.70. The summed E-state index contributed by atoms with van der Waals surface area (Å²) in [5.41, 5.74) is 12.9. The van der Waals surface area contributed by atoms with Crippen LogP contribution in [-0.4, -0.2) is 52.6 Å². The van der Waals surface area contributed by atoms with Gasteiger partial charge in [0.1, 0.15) is 5.82 Å². The second kappa shape index (κ2) is 14.2. The molecule has 1 aromatic heterocycles. The molecule has 1 amide bonds. The number of anilines is 1. The maximum Gasteiger partial charge on any atom is 0.259 e. The number of benzene rings is 2. The van der Waals surface area contributed by atoms with Crippen LogP contribution in [0.1, 0.15) is 101 Å². The summed E-state index contributed by atoms with van der Waals surface area (Å²) in [7, 11) is 3.75. The fraction of sp³-hybridized carbons (Fsp3) is 0.429. The zero-order chi connectivity index (χ0) is 35.0. The molecule has 0 spiro atoms. The van der Waals surface area contributed by atoms with Gasteiger partial charge in [-0.3, -0.25) is 4.79 Å². The zero-order valence-electron chi connectivity index (χ0n) is 30.5. The number of likely N-dealkylation sites (N-methyl/N-ethyl adjacent to an activating group) is 1. The molecule has 7 nitrogen and oxygen atoms in total. The molecule has 2 aliphatic carbocycles. The van der Waals surface area contributed by atoms with Gasteiger partial charge >= 0.3 is 0 Å². The maximum absolute atomic E-state index is 14.4. The predicted octanol–water partition coefficient (Wildman–Crippen LogP) is 9.05. The van der Waals surface area contributed by atoms with Crippen LogP contribution in [0, 0.1) is 6.92 Å². The summed E-state index contributed by atoms with van der Waals surface area (Å²) >= 11 is 0. The number of hydrogen-bond acceptors (Lipinski definition) is 6. The number of methoxy groups -OCH3 is 1. The number of nitrogens with zero attached hydrogens (tertiary/aromatic N) is 3. The van der Waals surface area contributed by atoms with E-state index in [4.69, 9.17) is 9.72 Å². The van der Waals surface area contributed by atoms with E-state index < -0.39 is 6.10 Å². The van der Waals surface area contributed by atoms with Crippen LogP contribution >= 0.6 is 0 Å². The van der Waals surface area contributed by atoms with Gasteiger partial charge in [0.25, 0.3) is 5.91 Å². The molecule has 0 saturated heterocycles. The van der Waals surface area contributed by atoms with Crippen molar-refractivity contribution < 1.29 is 14.6 Å². The standard InChI is InChI=1S/C42H52N4O3/c1-9-13-37-45(7)40(29-20-21-29)34(24-46(37)23-27(5)47)41(48)43-35-17-12-16-33(39(35)25(3)10-2)31-14-11-15-32(28(31)6)36-22-30-19-18-26(4)38(30)42(44-36)49-8/h11-17,22,24-27,47H,9-10,18-21,23H2,1-8H3,(H,43,48)/b37-13-. The Morgan fingerprint density at radius 1 is 1.10 bits per heavy atom. The molecule has 3 aromatic rings. The van der Waals surface area contributed by atoms with E-state index in [9.17, 15) is 9.90 Å². The monoisotopic (exact) mass is 660 g/mol. The molecule has 1 saturated carbocycles. The third kappa shape index (κ3) is 6.65. The molecule has 2 N–H and O–H groups in total. The van der Waals surface area contributed by atoms with Gasteiger partial charge in [0, 0.05) is 36.6 Å². The Morgan fingerprint density at radius 3 is 2.49 bits per heavy atom. The smallest absolute Gasteiger partial charge is 0.259 e. The SMILES string of the molecule is CC/C=C1\N(CC(C)O)C=C(C(=O)Nc2cccc(-c3cccc(-c4cc5c(c(OC)n4)C(C)CC5)c3C)c2C(C)CC)C(=C2CC2)N1C. The molecule has 1 aliphatic heterocycles. The molecule has 258 valence electrons. The van der Waals surface area contributed by atoms with Gasteiger partial charge in [0.15, 0.2) is 0 Å². The normalized spacial score (nSPS) is 19.2. The van der Waals surface area contributed by atoms with Crippen LogP contribution in [-0.2, 0) is 11.2 Å². The Kier molecular flexibility index (Phi) is 10.0. The van der Waals surface area contributed by atoms with Crippen LogP contribution < -0.4 is 10.1 Å². The number of hydrogen-bond donors (Lipinski definition) is 2. The maximum atomic E-state index is 14.4. The number of rotatable bonds is 10. The van der Waals surface area contributed by atoms with Crippen molar-refractivity contribution in [2.75, 3.05) is 26.0 Å². The van der Waals surface area contributed by atoms with E-state index in [0.717, 1.165) is 95.1 Å².